The van der Waals surface area contributed by atoms with E-state index in [1.54, 1.807) is 0 Å². The average Bonchev–Trinajstić information content (AvgIpc) is 3.05. The highest BCUT2D eigenvalue weighted by molar-refractivity contribution is 5.28. The van der Waals surface area contributed by atoms with Gasteiger partial charge >= 0.3 is 0 Å². The van der Waals surface area contributed by atoms with Crippen LogP contribution in [0.1, 0.15) is 58.4 Å². The van der Waals surface area contributed by atoms with Gasteiger partial charge in [0.25, 0.3) is 0 Å². The summed E-state index contributed by atoms with van der Waals surface area (Å²) in [6.45, 7) is 9.12. The van der Waals surface area contributed by atoms with Crippen molar-refractivity contribution in [2.45, 2.75) is 76.0 Å². The molecule has 0 spiro atoms. The van der Waals surface area contributed by atoms with Crippen LogP contribution < -0.4 is 10.6 Å². The van der Waals surface area contributed by atoms with Crippen molar-refractivity contribution < 1.29 is 0 Å². The maximum absolute atomic E-state index is 3.84. The van der Waals surface area contributed by atoms with Crippen LogP contribution in [0.4, 0.5) is 0 Å². The van der Waals surface area contributed by atoms with E-state index in [2.05, 4.69) is 68.7 Å². The molecule has 1 aromatic rings. The molecule has 0 aliphatic heterocycles. The first-order valence-corrected chi connectivity index (χ1v) is 7.95. The van der Waals surface area contributed by atoms with Crippen molar-refractivity contribution in [3.8, 4) is 0 Å². The molecule has 2 atom stereocenters. The lowest BCUT2D eigenvalue weighted by molar-refractivity contribution is 0.114. The molecule has 0 radical (unpaired) electrons. The molecule has 2 saturated carbocycles. The van der Waals surface area contributed by atoms with Crippen molar-refractivity contribution in [3.63, 3.8) is 0 Å². The second-order valence-corrected chi connectivity index (χ2v) is 8.07. The molecular weight excluding hydrogens is 244 g/mol. The van der Waals surface area contributed by atoms with Gasteiger partial charge in [0, 0.05) is 29.1 Å². The summed E-state index contributed by atoms with van der Waals surface area (Å²) < 4.78 is 0. The second-order valence-electron chi connectivity index (χ2n) is 8.07. The molecule has 2 fully saturated rings. The highest BCUT2D eigenvalue weighted by Crippen LogP contribution is 2.43. The molecule has 20 heavy (non-hydrogen) atoms. The van der Waals surface area contributed by atoms with Gasteiger partial charge in [0.2, 0.25) is 0 Å². The van der Waals surface area contributed by atoms with E-state index in [4.69, 9.17) is 0 Å². The molecule has 0 amide bonds. The predicted molar refractivity (Wildman–Crippen MR) is 85.0 cm³/mol. The fraction of sp³-hybridized carbons (Fsp3) is 0.667. The van der Waals surface area contributed by atoms with Crippen LogP contribution in [0.25, 0.3) is 0 Å². The highest BCUT2D eigenvalue weighted by Gasteiger charge is 2.46. The van der Waals surface area contributed by atoms with Crippen LogP contribution in [-0.2, 0) is 0 Å². The van der Waals surface area contributed by atoms with E-state index < -0.39 is 0 Å². The third kappa shape index (κ3) is 3.24. The molecule has 2 aliphatic carbocycles. The Labute approximate surface area is 123 Å². The van der Waals surface area contributed by atoms with Crippen molar-refractivity contribution >= 4 is 0 Å². The van der Waals surface area contributed by atoms with Crippen molar-refractivity contribution in [1.29, 1.82) is 0 Å². The molecule has 0 bridgehead atoms. The molecule has 2 aliphatic rings. The van der Waals surface area contributed by atoms with Gasteiger partial charge in [-0.1, -0.05) is 30.3 Å². The topological polar surface area (TPSA) is 24.1 Å². The quantitative estimate of drug-likeness (QED) is 0.877. The number of hydrogen-bond acceptors (Lipinski definition) is 2. The Balaban J connectivity index is 1.45. The number of nitrogens with one attached hydrogen (secondary N) is 2. The van der Waals surface area contributed by atoms with Gasteiger partial charge in [-0.3, -0.25) is 0 Å². The smallest absolute Gasteiger partial charge is 0.0187 e. The standard InChI is InChI=1S/C18H28N2/c1-17(2,3)20-18(4)11-14(12-18)19-16-10-15(16)13-8-6-5-7-9-13/h5-9,14-16,19-20H,10-12H2,1-4H3/t14?,15-,16+,18?/m0/s1. The van der Waals surface area contributed by atoms with Crippen LogP contribution in [0.15, 0.2) is 30.3 Å². The molecule has 0 unspecified atom stereocenters. The zero-order valence-corrected chi connectivity index (χ0v) is 13.2. The molecule has 0 aromatic heterocycles. The monoisotopic (exact) mass is 272 g/mol. The Morgan fingerprint density at radius 2 is 1.75 bits per heavy atom. The van der Waals surface area contributed by atoms with E-state index in [0.29, 0.717) is 17.6 Å². The zero-order chi connectivity index (χ0) is 14.4. The van der Waals surface area contributed by atoms with Crippen LogP contribution in [0, 0.1) is 0 Å². The summed E-state index contributed by atoms with van der Waals surface area (Å²) in [5.74, 6) is 0.749. The van der Waals surface area contributed by atoms with Gasteiger partial charge in [0.05, 0.1) is 0 Å². The maximum Gasteiger partial charge on any atom is 0.0187 e. The lowest BCUT2D eigenvalue weighted by Crippen LogP contribution is -2.64. The van der Waals surface area contributed by atoms with E-state index in [1.165, 1.54) is 24.8 Å². The van der Waals surface area contributed by atoms with Crippen LogP contribution in [0.3, 0.4) is 0 Å². The Morgan fingerprint density at radius 3 is 2.35 bits per heavy atom. The minimum absolute atomic E-state index is 0.214. The van der Waals surface area contributed by atoms with Crippen molar-refractivity contribution in [2.24, 2.45) is 0 Å². The molecule has 2 nitrogen and oxygen atoms in total. The minimum atomic E-state index is 0.214. The van der Waals surface area contributed by atoms with Crippen molar-refractivity contribution in [3.05, 3.63) is 35.9 Å². The Hall–Kier alpha value is -0.860. The minimum Gasteiger partial charge on any atom is -0.310 e. The first-order valence-electron chi connectivity index (χ1n) is 7.95. The van der Waals surface area contributed by atoms with Gasteiger partial charge in [-0.25, -0.2) is 0 Å². The molecule has 110 valence electrons. The number of benzene rings is 1. The average molecular weight is 272 g/mol. The molecule has 2 N–H and O–H groups in total. The summed E-state index contributed by atoms with van der Waals surface area (Å²) >= 11 is 0. The SMILES string of the molecule is CC(C)(C)NC1(C)CC(N[C@@H]2C[C@H]2c2ccccc2)C1. The van der Waals surface area contributed by atoms with E-state index in [-0.39, 0.29) is 5.54 Å². The van der Waals surface area contributed by atoms with Crippen LogP contribution in [0.2, 0.25) is 0 Å². The predicted octanol–water partition coefficient (Wildman–Crippen LogP) is 3.44. The van der Waals surface area contributed by atoms with Gasteiger partial charge in [0.1, 0.15) is 0 Å². The highest BCUT2D eigenvalue weighted by atomic mass is 15.1. The third-order valence-corrected chi connectivity index (χ3v) is 4.54. The lowest BCUT2D eigenvalue weighted by atomic mass is 9.72. The summed E-state index contributed by atoms with van der Waals surface area (Å²) in [4.78, 5) is 0. The van der Waals surface area contributed by atoms with Crippen molar-refractivity contribution in [2.75, 3.05) is 0 Å². The Morgan fingerprint density at radius 1 is 1.10 bits per heavy atom. The molecule has 0 saturated heterocycles. The summed E-state index contributed by atoms with van der Waals surface area (Å²) in [7, 11) is 0. The zero-order valence-electron chi connectivity index (χ0n) is 13.2. The molecule has 1 aromatic carbocycles. The van der Waals surface area contributed by atoms with Crippen molar-refractivity contribution in [1.82, 2.24) is 10.6 Å². The lowest BCUT2D eigenvalue weighted by Gasteiger charge is -2.50. The largest absolute Gasteiger partial charge is 0.310 e. The Kier molecular flexibility index (Phi) is 3.42. The second kappa shape index (κ2) is 4.85. The van der Waals surface area contributed by atoms with Gasteiger partial charge in [-0.15, -0.1) is 0 Å². The molecular formula is C18H28N2. The fourth-order valence-corrected chi connectivity index (χ4v) is 3.90. The summed E-state index contributed by atoms with van der Waals surface area (Å²) in [5, 5.41) is 7.60. The first-order chi connectivity index (χ1) is 9.35. The van der Waals surface area contributed by atoms with E-state index in [9.17, 15) is 0 Å². The normalized spacial score (nSPS) is 36.5. The van der Waals surface area contributed by atoms with Crippen LogP contribution in [0.5, 0.6) is 0 Å². The van der Waals surface area contributed by atoms with Gasteiger partial charge in [0.15, 0.2) is 0 Å². The maximum atomic E-state index is 3.84. The van der Waals surface area contributed by atoms with E-state index in [1.807, 2.05) is 0 Å². The van der Waals surface area contributed by atoms with Gasteiger partial charge in [-0.05, 0) is 52.5 Å². The summed E-state index contributed by atoms with van der Waals surface area (Å²) in [6, 6.07) is 12.3. The third-order valence-electron chi connectivity index (χ3n) is 4.54. The van der Waals surface area contributed by atoms with Gasteiger partial charge in [-0.2, -0.15) is 0 Å². The summed E-state index contributed by atoms with van der Waals surface area (Å²) in [6.07, 6.45) is 3.81. The summed E-state index contributed by atoms with van der Waals surface area (Å²) in [5.41, 5.74) is 2.04. The van der Waals surface area contributed by atoms with E-state index >= 15 is 0 Å². The molecule has 0 heterocycles. The first kappa shape index (κ1) is 14.1. The fourth-order valence-electron chi connectivity index (χ4n) is 3.90. The van der Waals surface area contributed by atoms with E-state index in [0.717, 1.165) is 5.92 Å². The van der Waals surface area contributed by atoms with Gasteiger partial charge < -0.3 is 10.6 Å². The molecule has 3 rings (SSSR count). The molecule has 2 heteroatoms. The number of rotatable bonds is 4. The Bertz CT molecular complexity index is 454. The number of hydrogen-bond donors (Lipinski definition) is 2. The van der Waals surface area contributed by atoms with Crippen LogP contribution >= 0.6 is 0 Å². The van der Waals surface area contributed by atoms with Crippen LogP contribution in [-0.4, -0.2) is 23.2 Å².